The first-order valence-corrected chi connectivity index (χ1v) is 8.26. The summed E-state index contributed by atoms with van der Waals surface area (Å²) in [6.45, 7) is 9.34. The Balaban J connectivity index is 2.91. The molecule has 2 heteroatoms. The molecule has 0 nitrogen and oxygen atoms in total. The van der Waals surface area contributed by atoms with E-state index in [4.69, 9.17) is 0 Å². The maximum atomic E-state index is 2.34. The van der Waals surface area contributed by atoms with E-state index in [0.29, 0.717) is 0 Å². The third-order valence-electron chi connectivity index (χ3n) is 0.986. The van der Waals surface area contributed by atoms with Crippen LogP contribution in [0.4, 0.5) is 0 Å². The van der Waals surface area contributed by atoms with Gasteiger partial charge in [-0.25, -0.2) is 0 Å². The molecule has 0 aliphatic carbocycles. The molecule has 0 amide bonds. The average molecular weight is 272 g/mol. The van der Waals surface area contributed by atoms with Gasteiger partial charge in [-0.3, -0.25) is 0 Å². The fourth-order valence-corrected chi connectivity index (χ4v) is 5.05. The second kappa shape index (κ2) is 6.73. The van der Waals surface area contributed by atoms with Gasteiger partial charge in [0, 0.05) is 0 Å². The van der Waals surface area contributed by atoms with Crippen LogP contribution in [0.3, 0.4) is 0 Å². The molecule has 0 rings (SSSR count). The fourth-order valence-electron chi connectivity index (χ4n) is 0.568. The average Bonchev–Trinajstić information content (AvgIpc) is 1.79. The van der Waals surface area contributed by atoms with Crippen LogP contribution in [0.2, 0.25) is 20.3 Å². The predicted octanol–water partition coefficient (Wildman–Crippen LogP) is 2.89. The van der Waals surface area contributed by atoms with Crippen molar-refractivity contribution in [2.75, 3.05) is 0 Å². The Morgan fingerprint density at radius 3 is 1.30 bits per heavy atom. The van der Waals surface area contributed by atoms with Gasteiger partial charge in [-0.05, 0) is 0 Å². The van der Waals surface area contributed by atoms with E-state index in [1.807, 2.05) is 0 Å². The molecule has 0 radical (unpaired) electrons. The minimum absolute atomic E-state index is 0.927. The van der Waals surface area contributed by atoms with Gasteiger partial charge in [-0.1, -0.05) is 0 Å². The Morgan fingerprint density at radius 1 is 0.800 bits per heavy atom. The first-order valence-electron chi connectivity index (χ1n) is 3.86. The summed E-state index contributed by atoms with van der Waals surface area (Å²) in [4.78, 5) is 1.94. The van der Waals surface area contributed by atoms with E-state index in [1.54, 1.807) is 0 Å². The first-order chi connectivity index (χ1) is 4.63. The molecular formula is C8H18Se2. The zero-order valence-electron chi connectivity index (χ0n) is 7.39. The van der Waals surface area contributed by atoms with Gasteiger partial charge in [-0.15, -0.1) is 0 Å². The van der Waals surface area contributed by atoms with Gasteiger partial charge in [0.1, 0.15) is 0 Å². The van der Waals surface area contributed by atoms with Crippen molar-refractivity contribution >= 4 is 29.9 Å². The Morgan fingerprint density at radius 2 is 1.10 bits per heavy atom. The van der Waals surface area contributed by atoms with Crippen molar-refractivity contribution < 1.29 is 0 Å². The van der Waals surface area contributed by atoms with E-state index in [9.17, 15) is 0 Å². The van der Waals surface area contributed by atoms with E-state index in [1.165, 1.54) is 10.6 Å². The summed E-state index contributed by atoms with van der Waals surface area (Å²) in [5.74, 6) is 0. The molecule has 0 N–H and O–H groups in total. The Labute approximate surface area is 77.9 Å². The van der Waals surface area contributed by atoms with E-state index >= 15 is 0 Å². The van der Waals surface area contributed by atoms with Crippen LogP contribution in [-0.4, -0.2) is 29.9 Å². The van der Waals surface area contributed by atoms with Crippen LogP contribution < -0.4 is 0 Å². The van der Waals surface area contributed by atoms with Gasteiger partial charge >= 0.3 is 77.9 Å². The molecule has 0 aromatic carbocycles. The summed E-state index contributed by atoms with van der Waals surface area (Å²) in [6.07, 6.45) is 0. The Bertz CT molecular complexity index is 59.7. The van der Waals surface area contributed by atoms with Crippen molar-refractivity contribution in [3.63, 3.8) is 0 Å². The zero-order chi connectivity index (χ0) is 7.98. The zero-order valence-corrected chi connectivity index (χ0v) is 10.8. The van der Waals surface area contributed by atoms with Gasteiger partial charge in [0.05, 0.1) is 0 Å². The topological polar surface area (TPSA) is 0 Å². The van der Waals surface area contributed by atoms with Gasteiger partial charge in [0.15, 0.2) is 0 Å². The molecule has 0 fully saturated rings. The van der Waals surface area contributed by atoms with Crippen LogP contribution in [-0.2, 0) is 0 Å². The molecule has 0 aromatic heterocycles. The molecule has 0 saturated heterocycles. The fraction of sp³-hybridized carbons (Fsp3) is 1.00. The predicted molar refractivity (Wildman–Crippen MR) is 51.3 cm³/mol. The van der Waals surface area contributed by atoms with Gasteiger partial charge in [0.2, 0.25) is 0 Å². The minimum atomic E-state index is 0.927. The maximum absolute atomic E-state index is 2.34. The quantitative estimate of drug-likeness (QED) is 0.533. The molecular weight excluding hydrogens is 254 g/mol. The summed E-state index contributed by atoms with van der Waals surface area (Å²) < 4.78 is 0. The van der Waals surface area contributed by atoms with Crippen molar-refractivity contribution in [1.29, 1.82) is 0 Å². The molecule has 0 aliphatic rings. The molecule has 0 spiro atoms. The van der Waals surface area contributed by atoms with Gasteiger partial charge in [0.25, 0.3) is 0 Å². The van der Waals surface area contributed by atoms with Crippen LogP contribution in [0.1, 0.15) is 27.7 Å². The summed E-state index contributed by atoms with van der Waals surface area (Å²) in [5, 5.41) is 3.03. The third kappa shape index (κ3) is 9.04. The summed E-state index contributed by atoms with van der Waals surface area (Å²) in [5.41, 5.74) is 0. The van der Waals surface area contributed by atoms with Crippen LogP contribution in [0.5, 0.6) is 0 Å². The van der Waals surface area contributed by atoms with Crippen LogP contribution >= 0.6 is 0 Å². The number of hydrogen-bond donors (Lipinski definition) is 0. The SMILES string of the molecule is CC(C)[Se]CC[Se]C(C)C. The molecule has 0 heterocycles. The standard InChI is InChI=1S/C8H18Se2/c1-7(2)9-5-6-10-8(3)4/h7-8H,5-6H2,1-4H3. The van der Waals surface area contributed by atoms with E-state index < -0.39 is 0 Å². The summed E-state index contributed by atoms with van der Waals surface area (Å²) in [7, 11) is 0. The number of rotatable bonds is 5. The van der Waals surface area contributed by atoms with E-state index in [0.717, 1.165) is 39.5 Å². The Hall–Kier alpha value is 1.04. The van der Waals surface area contributed by atoms with E-state index in [-0.39, 0.29) is 0 Å². The molecule has 0 unspecified atom stereocenters. The number of hydrogen-bond acceptors (Lipinski definition) is 0. The first kappa shape index (κ1) is 11.0. The summed E-state index contributed by atoms with van der Waals surface area (Å²) in [6, 6.07) is 0. The van der Waals surface area contributed by atoms with Crippen LogP contribution in [0.15, 0.2) is 0 Å². The molecule has 0 bridgehead atoms. The summed E-state index contributed by atoms with van der Waals surface area (Å²) >= 11 is 1.85. The molecule has 62 valence electrons. The van der Waals surface area contributed by atoms with E-state index in [2.05, 4.69) is 27.7 Å². The Kier molecular flexibility index (Phi) is 7.43. The normalized spacial score (nSPS) is 11.4. The van der Waals surface area contributed by atoms with Crippen molar-refractivity contribution in [2.24, 2.45) is 0 Å². The molecule has 10 heavy (non-hydrogen) atoms. The second-order valence-electron chi connectivity index (χ2n) is 2.84. The van der Waals surface area contributed by atoms with Crippen molar-refractivity contribution in [2.45, 2.75) is 48.0 Å². The van der Waals surface area contributed by atoms with Crippen LogP contribution in [0, 0.1) is 0 Å². The second-order valence-corrected chi connectivity index (χ2v) is 9.91. The molecule has 0 saturated carbocycles. The molecule has 0 aliphatic heterocycles. The molecule has 0 aromatic rings. The molecule has 0 atom stereocenters. The van der Waals surface area contributed by atoms with Crippen molar-refractivity contribution in [3.05, 3.63) is 0 Å². The van der Waals surface area contributed by atoms with Crippen LogP contribution in [0.25, 0.3) is 0 Å². The van der Waals surface area contributed by atoms with Gasteiger partial charge in [-0.2, -0.15) is 0 Å². The third-order valence-corrected chi connectivity index (χ3v) is 6.94. The monoisotopic (exact) mass is 274 g/mol. The van der Waals surface area contributed by atoms with Gasteiger partial charge < -0.3 is 0 Å². The van der Waals surface area contributed by atoms with Crippen molar-refractivity contribution in [3.8, 4) is 0 Å². The van der Waals surface area contributed by atoms with Crippen molar-refractivity contribution in [1.82, 2.24) is 0 Å².